The van der Waals surface area contributed by atoms with Crippen molar-refractivity contribution in [3.05, 3.63) is 67.4 Å². The van der Waals surface area contributed by atoms with Crippen LogP contribution in [0.1, 0.15) is 18.9 Å². The van der Waals surface area contributed by atoms with Gasteiger partial charge in [-0.15, -0.1) is 0 Å². The normalized spacial score (nSPS) is 11.0. The summed E-state index contributed by atoms with van der Waals surface area (Å²) in [5.74, 6) is -0.568. The number of esters is 1. The summed E-state index contributed by atoms with van der Waals surface area (Å²) in [6, 6.07) is 12.5. The van der Waals surface area contributed by atoms with E-state index >= 15 is 0 Å². The minimum Gasteiger partial charge on any atom is -0.495 e. The number of Topliss-reactive ketones (excluding diaryl/α,β-unsaturated/α-hetero) is 1. The van der Waals surface area contributed by atoms with E-state index < -0.39 is 5.97 Å². The van der Waals surface area contributed by atoms with Crippen LogP contribution in [-0.4, -0.2) is 45.3 Å². The summed E-state index contributed by atoms with van der Waals surface area (Å²) in [5.41, 5.74) is 2.05. The molecule has 2 heterocycles. The number of ketones is 1. The van der Waals surface area contributed by atoms with Gasteiger partial charge in [0.2, 0.25) is 0 Å². The summed E-state index contributed by atoms with van der Waals surface area (Å²) in [5, 5.41) is 0.865. The molecule has 0 spiro atoms. The van der Waals surface area contributed by atoms with E-state index in [4.69, 9.17) is 38.3 Å². The number of carbonyl (C=O) groups is 2. The predicted molar refractivity (Wildman–Crippen MR) is 149 cm³/mol. The first-order valence-corrected chi connectivity index (χ1v) is 13.7. The molecule has 0 bridgehead atoms. The van der Waals surface area contributed by atoms with Gasteiger partial charge in [0.25, 0.3) is 5.56 Å². The van der Waals surface area contributed by atoms with Crippen molar-refractivity contribution >= 4 is 69.0 Å². The van der Waals surface area contributed by atoms with Gasteiger partial charge in [0.05, 0.1) is 25.2 Å². The number of benzene rings is 2. The van der Waals surface area contributed by atoms with Gasteiger partial charge in [-0.3, -0.25) is 23.5 Å². The van der Waals surface area contributed by atoms with E-state index in [9.17, 15) is 14.4 Å². The molecule has 0 saturated heterocycles. The van der Waals surface area contributed by atoms with Crippen LogP contribution in [0.2, 0.25) is 5.02 Å². The van der Waals surface area contributed by atoms with Crippen molar-refractivity contribution in [1.29, 1.82) is 0 Å². The Morgan fingerprint density at radius 2 is 1.95 bits per heavy atom. The maximum Gasteiger partial charge on any atom is 0.313 e. The molecule has 0 atom stereocenters. The summed E-state index contributed by atoms with van der Waals surface area (Å²) < 4.78 is 14.3. The Morgan fingerprint density at radius 3 is 2.65 bits per heavy atom. The van der Waals surface area contributed by atoms with Gasteiger partial charge in [-0.1, -0.05) is 46.8 Å². The summed E-state index contributed by atoms with van der Waals surface area (Å²) in [6.45, 7) is 3.74. The number of para-hydroxylation sites is 2. The van der Waals surface area contributed by atoms with E-state index in [0.29, 0.717) is 30.8 Å². The summed E-state index contributed by atoms with van der Waals surface area (Å²) >= 11 is 14.0. The molecule has 2 aromatic heterocycles. The number of thiazole rings is 1. The SMILES string of the molecule is CCOC(=O)CC(=O)CSc1nc2c(sc(=S)n2-c2ccc(Cl)c(C)c2)c(=O)n1-c1ccccc1OC. The number of methoxy groups -OCH3 is 1. The Labute approximate surface area is 230 Å². The van der Waals surface area contributed by atoms with E-state index in [0.717, 1.165) is 34.3 Å². The maximum atomic E-state index is 13.9. The Hall–Kier alpha value is -2.99. The summed E-state index contributed by atoms with van der Waals surface area (Å²) in [6.07, 6.45) is -0.360. The van der Waals surface area contributed by atoms with Crippen LogP contribution in [0.3, 0.4) is 0 Å². The van der Waals surface area contributed by atoms with Crippen molar-refractivity contribution in [2.45, 2.75) is 25.4 Å². The van der Waals surface area contributed by atoms with Crippen molar-refractivity contribution in [2.75, 3.05) is 19.5 Å². The third-order valence-electron chi connectivity index (χ3n) is 5.31. The summed E-state index contributed by atoms with van der Waals surface area (Å²) in [7, 11) is 1.51. The molecule has 0 radical (unpaired) electrons. The minimum atomic E-state index is -0.594. The molecular formula is C25H22ClN3O5S3. The highest BCUT2D eigenvalue weighted by Gasteiger charge is 2.22. The average Bonchev–Trinajstić information content (AvgIpc) is 3.20. The molecule has 8 nitrogen and oxygen atoms in total. The molecule has 0 fully saturated rings. The molecule has 2 aromatic carbocycles. The van der Waals surface area contributed by atoms with Crippen LogP contribution in [0.5, 0.6) is 5.75 Å². The second-order valence-corrected chi connectivity index (χ2v) is 10.8. The van der Waals surface area contributed by atoms with Gasteiger partial charge in [0.1, 0.15) is 16.9 Å². The van der Waals surface area contributed by atoms with Gasteiger partial charge in [0, 0.05) is 10.7 Å². The van der Waals surface area contributed by atoms with Crippen molar-refractivity contribution in [2.24, 2.45) is 0 Å². The molecule has 0 saturated carbocycles. The third kappa shape index (κ3) is 5.64. The van der Waals surface area contributed by atoms with Crippen molar-refractivity contribution in [1.82, 2.24) is 14.1 Å². The third-order valence-corrected chi connectivity index (χ3v) is 8.09. The maximum absolute atomic E-state index is 13.9. The lowest BCUT2D eigenvalue weighted by Gasteiger charge is -2.15. The van der Waals surface area contributed by atoms with Gasteiger partial charge in [-0.05, 0) is 62.0 Å². The molecule has 4 rings (SSSR count). The number of rotatable bonds is 9. The van der Waals surface area contributed by atoms with E-state index in [1.54, 1.807) is 47.9 Å². The smallest absolute Gasteiger partial charge is 0.313 e. The number of carbonyl (C=O) groups excluding carboxylic acids is 2. The highest BCUT2D eigenvalue weighted by molar-refractivity contribution is 7.99. The Bertz CT molecular complexity index is 1630. The fourth-order valence-corrected chi connectivity index (χ4v) is 5.90. The van der Waals surface area contributed by atoms with Gasteiger partial charge >= 0.3 is 5.97 Å². The largest absolute Gasteiger partial charge is 0.495 e. The Kier molecular flexibility index (Phi) is 8.48. The predicted octanol–water partition coefficient (Wildman–Crippen LogP) is 5.55. The van der Waals surface area contributed by atoms with E-state index in [1.165, 1.54) is 11.7 Å². The second-order valence-electron chi connectivity index (χ2n) is 7.81. The van der Waals surface area contributed by atoms with Crippen LogP contribution < -0.4 is 10.3 Å². The standard InChI is InChI=1S/C25H22ClN3O5S3/c1-4-34-20(31)12-16(30)13-36-24-27-22-21(23(32)29(24)18-7-5-6-8-19(18)33-3)37-25(35)28(22)15-9-10-17(26)14(2)11-15/h5-11H,4,12-13H2,1-3H3. The van der Waals surface area contributed by atoms with E-state index in [2.05, 4.69) is 0 Å². The monoisotopic (exact) mass is 575 g/mol. The number of ether oxygens (including phenoxy) is 2. The van der Waals surface area contributed by atoms with Crippen molar-refractivity contribution in [3.8, 4) is 17.1 Å². The molecular weight excluding hydrogens is 554 g/mol. The Morgan fingerprint density at radius 1 is 1.19 bits per heavy atom. The quantitative estimate of drug-likeness (QED) is 0.0843. The summed E-state index contributed by atoms with van der Waals surface area (Å²) in [4.78, 5) is 42.9. The van der Waals surface area contributed by atoms with E-state index in [-0.39, 0.29) is 35.3 Å². The van der Waals surface area contributed by atoms with Crippen molar-refractivity contribution < 1.29 is 19.1 Å². The number of aromatic nitrogens is 3. The first-order valence-electron chi connectivity index (χ1n) is 11.1. The molecule has 0 aliphatic rings. The zero-order chi connectivity index (χ0) is 26.7. The molecule has 12 heteroatoms. The van der Waals surface area contributed by atoms with Gasteiger partial charge in [-0.2, -0.15) is 0 Å². The van der Waals surface area contributed by atoms with Crippen LogP contribution in [-0.2, 0) is 14.3 Å². The van der Waals surface area contributed by atoms with E-state index in [1.807, 2.05) is 13.0 Å². The molecule has 0 N–H and O–H groups in total. The topological polar surface area (TPSA) is 92.4 Å². The average molecular weight is 576 g/mol. The van der Waals surface area contributed by atoms with Gasteiger partial charge < -0.3 is 9.47 Å². The number of aryl methyl sites for hydroxylation is 1. The molecule has 192 valence electrons. The number of fused-ring (bicyclic) bond motifs is 1. The highest BCUT2D eigenvalue weighted by Crippen LogP contribution is 2.31. The number of hydrogen-bond acceptors (Lipinski definition) is 9. The lowest BCUT2D eigenvalue weighted by Crippen LogP contribution is -2.23. The number of hydrogen-bond donors (Lipinski definition) is 0. The fraction of sp³-hybridized carbons (Fsp3) is 0.240. The van der Waals surface area contributed by atoms with Crippen LogP contribution in [0.4, 0.5) is 0 Å². The van der Waals surface area contributed by atoms with Gasteiger partial charge in [-0.25, -0.2) is 4.98 Å². The molecule has 0 amide bonds. The number of thioether (sulfide) groups is 1. The molecule has 37 heavy (non-hydrogen) atoms. The fourth-order valence-electron chi connectivity index (χ4n) is 3.62. The first-order chi connectivity index (χ1) is 17.7. The zero-order valence-corrected chi connectivity index (χ0v) is 23.4. The molecule has 0 aliphatic heterocycles. The molecule has 4 aromatic rings. The van der Waals surface area contributed by atoms with Crippen molar-refractivity contribution in [3.63, 3.8) is 0 Å². The molecule has 0 unspecified atom stereocenters. The van der Waals surface area contributed by atoms with Crippen LogP contribution >= 0.6 is 46.9 Å². The van der Waals surface area contributed by atoms with Crippen LogP contribution in [0.25, 0.3) is 21.7 Å². The highest BCUT2D eigenvalue weighted by atomic mass is 35.5. The zero-order valence-electron chi connectivity index (χ0n) is 20.1. The number of nitrogens with zero attached hydrogens (tertiary/aromatic N) is 3. The minimum absolute atomic E-state index is 0.0865. The lowest BCUT2D eigenvalue weighted by molar-refractivity contribution is -0.145. The van der Waals surface area contributed by atoms with Crippen LogP contribution in [0, 0.1) is 10.9 Å². The van der Waals surface area contributed by atoms with Gasteiger partial charge in [0.15, 0.2) is 20.5 Å². The second kappa shape index (κ2) is 11.6. The molecule has 0 aliphatic carbocycles. The Balaban J connectivity index is 1.90. The number of halogens is 1. The van der Waals surface area contributed by atoms with Crippen LogP contribution in [0.15, 0.2) is 52.4 Å². The first kappa shape index (κ1) is 27.1. The lowest BCUT2D eigenvalue weighted by atomic mass is 10.2.